The van der Waals surface area contributed by atoms with Crippen LogP contribution in [0.2, 0.25) is 0 Å². The molecule has 0 unspecified atom stereocenters. The highest BCUT2D eigenvalue weighted by molar-refractivity contribution is 5.66. The molecule has 1 aromatic carbocycles. The summed E-state index contributed by atoms with van der Waals surface area (Å²) >= 11 is 0. The van der Waals surface area contributed by atoms with E-state index < -0.39 is 5.97 Å². The summed E-state index contributed by atoms with van der Waals surface area (Å²) in [6, 6.07) is 6.26. The van der Waals surface area contributed by atoms with E-state index in [2.05, 4.69) is 0 Å². The number of rotatable bonds is 8. The summed E-state index contributed by atoms with van der Waals surface area (Å²) in [5.74, 6) is -0.909. The molecule has 18 heavy (non-hydrogen) atoms. The second kappa shape index (κ2) is 7.66. The average molecular weight is 255 g/mol. The Kier molecular flexibility index (Phi) is 6.14. The highest BCUT2D eigenvalue weighted by Crippen LogP contribution is 2.14. The van der Waals surface area contributed by atoms with Crippen LogP contribution in [0.15, 0.2) is 24.3 Å². The van der Waals surface area contributed by atoms with Crippen molar-refractivity contribution in [3.05, 3.63) is 30.1 Å². The lowest BCUT2D eigenvalue weighted by molar-refractivity contribution is -0.137. The minimum absolute atomic E-state index is 0.165. The Balaban J connectivity index is 2.17. The Morgan fingerprint density at radius 1 is 1.39 bits per heavy atom. The van der Waals surface area contributed by atoms with Crippen LogP contribution >= 0.6 is 0 Å². The molecule has 1 rings (SSSR count). The summed E-state index contributed by atoms with van der Waals surface area (Å²) in [6.45, 7) is 1.70. The molecule has 0 aromatic heterocycles. The van der Waals surface area contributed by atoms with Gasteiger partial charge in [0.25, 0.3) is 0 Å². The molecule has 0 atom stereocenters. The van der Waals surface area contributed by atoms with Gasteiger partial charge in [-0.15, -0.1) is 0 Å². The first-order valence-corrected chi connectivity index (χ1v) is 5.87. The van der Waals surface area contributed by atoms with Crippen molar-refractivity contribution in [3.8, 4) is 5.75 Å². The Hall–Kier alpha value is -1.62. The van der Waals surface area contributed by atoms with Gasteiger partial charge in [-0.25, -0.2) is 4.39 Å². The Labute approximate surface area is 106 Å². The first-order chi connectivity index (χ1) is 8.59. The van der Waals surface area contributed by atoms with Crippen molar-refractivity contribution in [3.63, 3.8) is 0 Å². The molecule has 0 heterocycles. The minimum Gasteiger partial charge on any atom is -0.489 e. The lowest BCUT2D eigenvalue weighted by Crippen LogP contribution is -2.25. The van der Waals surface area contributed by atoms with Crippen molar-refractivity contribution in [2.24, 2.45) is 0 Å². The highest BCUT2D eigenvalue weighted by atomic mass is 19.1. The maximum absolute atomic E-state index is 13.2. The first kappa shape index (κ1) is 14.4. The number of hydrogen-bond acceptors (Lipinski definition) is 3. The zero-order valence-electron chi connectivity index (χ0n) is 10.4. The lowest BCUT2D eigenvalue weighted by Gasteiger charge is -2.16. The molecule has 4 nitrogen and oxygen atoms in total. The van der Waals surface area contributed by atoms with Gasteiger partial charge in [-0.3, -0.25) is 4.79 Å². The number of hydrogen-bond donors (Lipinski definition) is 1. The fraction of sp³-hybridized carbons (Fsp3) is 0.462. The van der Waals surface area contributed by atoms with E-state index in [1.54, 1.807) is 18.2 Å². The topological polar surface area (TPSA) is 49.8 Å². The van der Waals surface area contributed by atoms with Crippen LogP contribution in [0.25, 0.3) is 0 Å². The molecule has 0 aliphatic heterocycles. The van der Waals surface area contributed by atoms with Crippen LogP contribution in [-0.4, -0.2) is 42.7 Å². The third kappa shape index (κ3) is 5.63. The molecule has 0 spiro atoms. The normalized spacial score (nSPS) is 10.6. The smallest absolute Gasteiger partial charge is 0.303 e. The number of aliphatic carboxylic acids is 1. The molecule has 0 radical (unpaired) electrons. The van der Waals surface area contributed by atoms with Gasteiger partial charge in [0.1, 0.15) is 6.61 Å². The van der Waals surface area contributed by atoms with Gasteiger partial charge in [-0.1, -0.05) is 12.1 Å². The van der Waals surface area contributed by atoms with Gasteiger partial charge in [0, 0.05) is 13.0 Å². The van der Waals surface area contributed by atoms with Gasteiger partial charge in [0.2, 0.25) is 0 Å². The van der Waals surface area contributed by atoms with Crippen molar-refractivity contribution < 1.29 is 19.0 Å². The Morgan fingerprint density at radius 2 is 2.11 bits per heavy atom. The van der Waals surface area contributed by atoms with Crippen molar-refractivity contribution in [2.45, 2.75) is 12.8 Å². The van der Waals surface area contributed by atoms with E-state index >= 15 is 0 Å². The van der Waals surface area contributed by atoms with Crippen molar-refractivity contribution in [2.75, 3.05) is 26.7 Å². The number of likely N-dealkylation sites (N-methyl/N-ethyl adjacent to an activating group) is 1. The molecule has 0 saturated carbocycles. The molecule has 0 aliphatic rings. The zero-order chi connectivity index (χ0) is 13.4. The van der Waals surface area contributed by atoms with E-state index in [4.69, 9.17) is 9.84 Å². The molecule has 0 amide bonds. The number of halogens is 1. The molecular weight excluding hydrogens is 237 g/mol. The van der Waals surface area contributed by atoms with Crippen LogP contribution in [-0.2, 0) is 4.79 Å². The van der Waals surface area contributed by atoms with Gasteiger partial charge < -0.3 is 14.7 Å². The fourth-order valence-electron chi connectivity index (χ4n) is 1.49. The van der Waals surface area contributed by atoms with Crippen LogP contribution in [0.4, 0.5) is 4.39 Å². The number of carboxylic acids is 1. The summed E-state index contributed by atoms with van der Waals surface area (Å²) in [5.41, 5.74) is 0. The second-order valence-corrected chi connectivity index (χ2v) is 4.08. The van der Waals surface area contributed by atoms with Crippen molar-refractivity contribution >= 4 is 5.97 Å². The van der Waals surface area contributed by atoms with Crippen molar-refractivity contribution in [1.29, 1.82) is 0 Å². The molecule has 0 saturated heterocycles. The van der Waals surface area contributed by atoms with E-state index in [0.717, 1.165) is 0 Å². The largest absolute Gasteiger partial charge is 0.489 e. The van der Waals surface area contributed by atoms with Gasteiger partial charge in [-0.2, -0.15) is 0 Å². The molecule has 0 bridgehead atoms. The van der Waals surface area contributed by atoms with Crippen LogP contribution in [0, 0.1) is 5.82 Å². The number of benzene rings is 1. The first-order valence-electron chi connectivity index (χ1n) is 5.87. The van der Waals surface area contributed by atoms with Crippen LogP contribution < -0.4 is 4.74 Å². The third-order valence-electron chi connectivity index (χ3n) is 2.50. The van der Waals surface area contributed by atoms with Crippen LogP contribution in [0.5, 0.6) is 5.75 Å². The summed E-state index contributed by atoms with van der Waals surface area (Å²) in [5, 5.41) is 8.50. The zero-order valence-corrected chi connectivity index (χ0v) is 10.4. The highest BCUT2D eigenvalue weighted by Gasteiger charge is 2.04. The maximum Gasteiger partial charge on any atom is 0.303 e. The summed E-state index contributed by atoms with van der Waals surface area (Å²) in [4.78, 5) is 12.3. The molecule has 1 N–H and O–H groups in total. The Bertz CT molecular complexity index is 384. The average Bonchev–Trinajstić information content (AvgIpc) is 2.31. The van der Waals surface area contributed by atoms with E-state index in [1.165, 1.54) is 6.07 Å². The molecule has 100 valence electrons. The van der Waals surface area contributed by atoms with E-state index in [0.29, 0.717) is 26.1 Å². The summed E-state index contributed by atoms with van der Waals surface area (Å²) in [7, 11) is 1.88. The number of carbonyl (C=O) groups is 1. The number of carboxylic acid groups (broad SMARTS) is 1. The number of para-hydroxylation sites is 1. The van der Waals surface area contributed by atoms with E-state index in [1.807, 2.05) is 11.9 Å². The van der Waals surface area contributed by atoms with Crippen LogP contribution in [0.3, 0.4) is 0 Å². The second-order valence-electron chi connectivity index (χ2n) is 4.08. The van der Waals surface area contributed by atoms with E-state index in [9.17, 15) is 9.18 Å². The summed E-state index contributed by atoms with van der Waals surface area (Å²) < 4.78 is 18.5. The van der Waals surface area contributed by atoms with Crippen LogP contribution in [0.1, 0.15) is 12.8 Å². The predicted octanol–water partition coefficient (Wildman–Crippen LogP) is 2.00. The predicted molar refractivity (Wildman–Crippen MR) is 66.3 cm³/mol. The van der Waals surface area contributed by atoms with Gasteiger partial charge in [0.05, 0.1) is 0 Å². The quantitative estimate of drug-likeness (QED) is 0.772. The van der Waals surface area contributed by atoms with Crippen molar-refractivity contribution in [1.82, 2.24) is 4.90 Å². The molecule has 5 heteroatoms. The summed E-state index contributed by atoms with van der Waals surface area (Å²) in [6.07, 6.45) is 0.768. The third-order valence-corrected chi connectivity index (χ3v) is 2.50. The standard InChI is InChI=1S/C13H18FNO3/c1-15(8-4-7-13(16)17)9-10-18-12-6-3-2-5-11(12)14/h2-3,5-6H,4,7-10H2,1H3,(H,16,17). The fourth-order valence-corrected chi connectivity index (χ4v) is 1.49. The molecule has 0 fully saturated rings. The molecule has 1 aromatic rings. The Morgan fingerprint density at radius 3 is 2.78 bits per heavy atom. The number of ether oxygens (including phenoxy) is 1. The van der Waals surface area contributed by atoms with Gasteiger partial charge >= 0.3 is 5.97 Å². The maximum atomic E-state index is 13.2. The molecular formula is C13H18FNO3. The minimum atomic E-state index is -0.786. The lowest BCUT2D eigenvalue weighted by atomic mass is 10.3. The van der Waals surface area contributed by atoms with E-state index in [-0.39, 0.29) is 18.0 Å². The monoisotopic (exact) mass is 255 g/mol. The number of nitrogens with zero attached hydrogens (tertiary/aromatic N) is 1. The van der Waals surface area contributed by atoms with Gasteiger partial charge in [-0.05, 0) is 32.1 Å². The SMILES string of the molecule is CN(CCCC(=O)O)CCOc1ccccc1F. The molecule has 0 aliphatic carbocycles. The van der Waals surface area contributed by atoms with Gasteiger partial charge in [0.15, 0.2) is 11.6 Å².